The molecule has 1 aromatic heterocycles. The number of rotatable bonds is 4. The van der Waals surface area contributed by atoms with Gasteiger partial charge in [-0.2, -0.15) is 4.99 Å². The Hall–Kier alpha value is -2.24. The minimum atomic E-state index is -0.890. The SMILES string of the molecule is NC(N)=Nc1c([N+](=O)[O-])ncn1[C@H]1C[C@H](O)[C@@H](CO)O1. The van der Waals surface area contributed by atoms with Gasteiger partial charge in [0.2, 0.25) is 12.1 Å². The summed E-state index contributed by atoms with van der Waals surface area (Å²) < 4.78 is 6.62. The molecular weight excluding hydrogens is 272 g/mol. The van der Waals surface area contributed by atoms with Crippen LogP contribution in [-0.2, 0) is 4.74 Å². The molecule has 20 heavy (non-hydrogen) atoms. The van der Waals surface area contributed by atoms with Crippen LogP contribution in [0.1, 0.15) is 12.6 Å². The quantitative estimate of drug-likeness (QED) is 0.220. The Balaban J connectivity index is 2.38. The normalized spacial score (nSPS) is 25.6. The second-order valence-corrected chi connectivity index (χ2v) is 4.21. The zero-order valence-corrected chi connectivity index (χ0v) is 10.3. The van der Waals surface area contributed by atoms with Gasteiger partial charge in [0.25, 0.3) is 0 Å². The van der Waals surface area contributed by atoms with Crippen molar-refractivity contribution in [2.24, 2.45) is 16.5 Å². The van der Waals surface area contributed by atoms with Crippen LogP contribution in [0.15, 0.2) is 11.3 Å². The monoisotopic (exact) mass is 286 g/mol. The number of aromatic nitrogens is 2. The first-order valence-electron chi connectivity index (χ1n) is 5.69. The first-order valence-corrected chi connectivity index (χ1v) is 5.69. The van der Waals surface area contributed by atoms with Crippen molar-refractivity contribution in [3.63, 3.8) is 0 Å². The Morgan fingerprint density at radius 1 is 1.70 bits per heavy atom. The van der Waals surface area contributed by atoms with E-state index in [0.29, 0.717) is 0 Å². The van der Waals surface area contributed by atoms with Crippen molar-refractivity contribution >= 4 is 17.6 Å². The molecule has 2 heterocycles. The van der Waals surface area contributed by atoms with Crippen LogP contribution in [-0.4, -0.2) is 49.5 Å². The number of nitro groups is 1. The summed E-state index contributed by atoms with van der Waals surface area (Å²) in [4.78, 5) is 17.4. The Morgan fingerprint density at radius 2 is 2.40 bits per heavy atom. The van der Waals surface area contributed by atoms with Crippen molar-refractivity contribution in [3.8, 4) is 0 Å². The third-order valence-electron chi connectivity index (χ3n) is 2.85. The van der Waals surface area contributed by atoms with Crippen LogP contribution in [0.25, 0.3) is 0 Å². The summed E-state index contributed by atoms with van der Waals surface area (Å²) in [5, 5.41) is 29.6. The third-order valence-corrected chi connectivity index (χ3v) is 2.85. The van der Waals surface area contributed by atoms with Crippen molar-refractivity contribution < 1.29 is 19.9 Å². The number of hydrogen-bond acceptors (Lipinski definition) is 7. The van der Waals surface area contributed by atoms with E-state index in [9.17, 15) is 15.2 Å². The fourth-order valence-electron chi connectivity index (χ4n) is 1.96. The molecule has 0 unspecified atom stereocenters. The minimum absolute atomic E-state index is 0.131. The molecule has 11 heteroatoms. The van der Waals surface area contributed by atoms with Gasteiger partial charge in [0.15, 0.2) is 5.96 Å². The standard InChI is InChI=1S/C9H14N6O5/c10-9(11)13-8-7(15(18)19)12-3-14(8)6-1-4(17)5(2-16)20-6/h3-6,16-17H,1-2H2,(H4,10,11,13)/t4-,5+,6+/m0/s1. The molecule has 1 aliphatic rings. The average molecular weight is 286 g/mol. The molecule has 6 N–H and O–H groups in total. The smallest absolute Gasteiger partial charge is 0.394 e. The van der Waals surface area contributed by atoms with Crippen LogP contribution in [0.5, 0.6) is 0 Å². The number of ether oxygens (including phenoxy) is 1. The maximum Gasteiger partial charge on any atom is 0.408 e. The number of aliphatic hydroxyl groups is 2. The van der Waals surface area contributed by atoms with E-state index in [-0.39, 0.29) is 24.8 Å². The predicted molar refractivity (Wildman–Crippen MR) is 66.0 cm³/mol. The van der Waals surface area contributed by atoms with Gasteiger partial charge in [-0.05, 0) is 9.91 Å². The molecule has 0 bridgehead atoms. The van der Waals surface area contributed by atoms with Gasteiger partial charge < -0.3 is 36.5 Å². The van der Waals surface area contributed by atoms with E-state index in [1.807, 2.05) is 0 Å². The molecule has 0 spiro atoms. The largest absolute Gasteiger partial charge is 0.408 e. The highest BCUT2D eigenvalue weighted by atomic mass is 16.6. The van der Waals surface area contributed by atoms with Gasteiger partial charge in [-0.1, -0.05) is 0 Å². The molecule has 110 valence electrons. The van der Waals surface area contributed by atoms with E-state index in [0.717, 1.165) is 6.33 Å². The minimum Gasteiger partial charge on any atom is -0.394 e. The highest BCUT2D eigenvalue weighted by Gasteiger charge is 2.37. The average Bonchev–Trinajstić information content (AvgIpc) is 2.91. The molecule has 2 rings (SSSR count). The van der Waals surface area contributed by atoms with Crippen LogP contribution in [0.3, 0.4) is 0 Å². The van der Waals surface area contributed by atoms with Crippen molar-refractivity contribution in [1.29, 1.82) is 0 Å². The van der Waals surface area contributed by atoms with Gasteiger partial charge in [0.1, 0.15) is 12.3 Å². The van der Waals surface area contributed by atoms with E-state index < -0.39 is 29.2 Å². The Bertz CT molecular complexity index is 539. The summed E-state index contributed by atoms with van der Waals surface area (Å²) in [5.74, 6) is -1.07. The molecule has 1 aliphatic heterocycles. The molecule has 0 saturated carbocycles. The second kappa shape index (κ2) is 5.40. The van der Waals surface area contributed by atoms with Gasteiger partial charge >= 0.3 is 5.82 Å². The van der Waals surface area contributed by atoms with Crippen molar-refractivity contribution in [1.82, 2.24) is 9.55 Å². The van der Waals surface area contributed by atoms with Gasteiger partial charge in [-0.3, -0.25) is 4.57 Å². The van der Waals surface area contributed by atoms with Crippen molar-refractivity contribution in [2.45, 2.75) is 24.9 Å². The van der Waals surface area contributed by atoms with Crippen molar-refractivity contribution in [2.75, 3.05) is 6.61 Å². The number of aliphatic imine (C=N–C) groups is 1. The molecule has 0 radical (unpaired) electrons. The highest BCUT2D eigenvalue weighted by molar-refractivity contribution is 5.79. The lowest BCUT2D eigenvalue weighted by Gasteiger charge is -2.13. The maximum atomic E-state index is 10.9. The number of guanidine groups is 1. The summed E-state index contributed by atoms with van der Waals surface area (Å²) in [7, 11) is 0. The zero-order valence-electron chi connectivity index (χ0n) is 10.3. The molecule has 1 fully saturated rings. The molecule has 0 aromatic carbocycles. The molecule has 1 aromatic rings. The van der Waals surface area contributed by atoms with Crippen LogP contribution >= 0.6 is 0 Å². The second-order valence-electron chi connectivity index (χ2n) is 4.21. The lowest BCUT2D eigenvalue weighted by molar-refractivity contribution is -0.388. The molecular formula is C9H14N6O5. The number of imidazole rings is 1. The lowest BCUT2D eigenvalue weighted by Crippen LogP contribution is -2.24. The number of nitrogens with two attached hydrogens (primary N) is 2. The predicted octanol–water partition coefficient (Wildman–Crippen LogP) is -1.66. The van der Waals surface area contributed by atoms with Crippen LogP contribution in [0, 0.1) is 10.1 Å². The number of hydrogen-bond donors (Lipinski definition) is 4. The van der Waals surface area contributed by atoms with Crippen LogP contribution in [0.2, 0.25) is 0 Å². The summed E-state index contributed by atoms with van der Waals surface area (Å²) in [6.07, 6.45) is -1.13. The summed E-state index contributed by atoms with van der Waals surface area (Å²) in [6, 6.07) is 0. The Morgan fingerprint density at radius 3 is 2.90 bits per heavy atom. The molecule has 1 saturated heterocycles. The Kier molecular flexibility index (Phi) is 3.83. The molecule has 0 amide bonds. The lowest BCUT2D eigenvalue weighted by atomic mass is 10.2. The zero-order chi connectivity index (χ0) is 14.9. The first kappa shape index (κ1) is 14.2. The fraction of sp³-hybridized carbons (Fsp3) is 0.556. The third kappa shape index (κ3) is 2.54. The van der Waals surface area contributed by atoms with Gasteiger partial charge in [-0.25, -0.2) is 0 Å². The van der Waals surface area contributed by atoms with Gasteiger partial charge in [-0.15, -0.1) is 0 Å². The molecule has 11 nitrogen and oxygen atoms in total. The fourth-order valence-corrected chi connectivity index (χ4v) is 1.96. The number of aliphatic hydroxyl groups excluding tert-OH is 2. The van der Waals surface area contributed by atoms with Crippen LogP contribution in [0.4, 0.5) is 11.6 Å². The number of nitrogens with zero attached hydrogens (tertiary/aromatic N) is 4. The highest BCUT2D eigenvalue weighted by Crippen LogP contribution is 2.35. The van der Waals surface area contributed by atoms with E-state index >= 15 is 0 Å². The maximum absolute atomic E-state index is 10.9. The topological polar surface area (TPSA) is 175 Å². The van der Waals surface area contributed by atoms with Crippen LogP contribution < -0.4 is 11.5 Å². The van der Waals surface area contributed by atoms with Gasteiger partial charge in [0, 0.05) is 6.42 Å². The molecule has 0 aliphatic carbocycles. The van der Waals surface area contributed by atoms with E-state index in [1.165, 1.54) is 4.57 Å². The van der Waals surface area contributed by atoms with Crippen molar-refractivity contribution in [3.05, 3.63) is 16.4 Å². The van der Waals surface area contributed by atoms with E-state index in [1.54, 1.807) is 0 Å². The summed E-state index contributed by atoms with van der Waals surface area (Å²) in [5.41, 5.74) is 10.5. The summed E-state index contributed by atoms with van der Waals surface area (Å²) in [6.45, 7) is -0.369. The van der Waals surface area contributed by atoms with E-state index in [4.69, 9.17) is 21.3 Å². The Labute approximate surface area is 112 Å². The van der Waals surface area contributed by atoms with Gasteiger partial charge in [0.05, 0.1) is 12.7 Å². The molecule has 3 atom stereocenters. The van der Waals surface area contributed by atoms with E-state index in [2.05, 4.69) is 9.98 Å². The first-order chi connectivity index (χ1) is 9.43. The summed E-state index contributed by atoms with van der Waals surface area (Å²) >= 11 is 0.